The second-order valence-corrected chi connectivity index (χ2v) is 3.69. The summed E-state index contributed by atoms with van der Waals surface area (Å²) >= 11 is 0. The molecule has 0 N–H and O–H groups in total. The Hall–Kier alpha value is -2.34. The number of hydrogen-bond donors (Lipinski definition) is 0. The molecule has 0 saturated heterocycles. The van der Waals surface area contributed by atoms with E-state index < -0.39 is 5.97 Å². The van der Waals surface area contributed by atoms with Crippen LogP contribution in [0.2, 0.25) is 0 Å². The summed E-state index contributed by atoms with van der Waals surface area (Å²) < 4.78 is 4.83. The molecule has 3 heteroatoms. The molecule has 1 aromatic rings. The summed E-state index contributed by atoms with van der Waals surface area (Å²) in [6, 6.07) is 9.35. The maximum Gasteiger partial charge on any atom is 0.342 e. The maximum atomic E-state index is 11.6. The molecule has 98 valence electrons. The van der Waals surface area contributed by atoms with E-state index in [4.69, 9.17) is 4.74 Å². The third-order valence-electron chi connectivity index (χ3n) is 2.32. The zero-order valence-corrected chi connectivity index (χ0v) is 11.1. The van der Waals surface area contributed by atoms with E-state index in [2.05, 4.69) is 11.8 Å². The van der Waals surface area contributed by atoms with Gasteiger partial charge in [0.05, 0.1) is 6.61 Å². The van der Waals surface area contributed by atoms with Crippen LogP contribution in [-0.4, -0.2) is 18.4 Å². The van der Waals surface area contributed by atoms with Crippen LogP contribution in [0.3, 0.4) is 0 Å². The van der Waals surface area contributed by atoms with Crippen LogP contribution in [-0.2, 0) is 14.3 Å². The number of rotatable bonds is 4. The lowest BCUT2D eigenvalue weighted by Gasteiger charge is -2.02. The van der Waals surface area contributed by atoms with E-state index in [0.717, 1.165) is 5.56 Å². The van der Waals surface area contributed by atoms with Gasteiger partial charge < -0.3 is 4.74 Å². The van der Waals surface area contributed by atoms with Crippen LogP contribution >= 0.6 is 0 Å². The van der Waals surface area contributed by atoms with Crippen molar-refractivity contribution in [2.75, 3.05) is 6.61 Å². The first-order chi connectivity index (χ1) is 9.19. The molecule has 0 amide bonds. The molecule has 0 saturated carbocycles. The highest BCUT2D eigenvalue weighted by Gasteiger charge is 2.16. The summed E-state index contributed by atoms with van der Waals surface area (Å²) in [5.74, 6) is 4.71. The van der Waals surface area contributed by atoms with Crippen LogP contribution in [0.25, 0.3) is 0 Å². The van der Waals surface area contributed by atoms with E-state index >= 15 is 0 Å². The van der Waals surface area contributed by atoms with Crippen molar-refractivity contribution >= 4 is 11.8 Å². The van der Waals surface area contributed by atoms with Crippen molar-refractivity contribution in [3.05, 3.63) is 47.5 Å². The second kappa shape index (κ2) is 7.88. The van der Waals surface area contributed by atoms with Crippen LogP contribution in [0, 0.1) is 11.8 Å². The van der Waals surface area contributed by atoms with Crippen LogP contribution < -0.4 is 0 Å². The molecule has 3 nitrogen and oxygen atoms in total. The number of benzene rings is 1. The fourth-order valence-corrected chi connectivity index (χ4v) is 1.37. The highest BCUT2D eigenvalue weighted by molar-refractivity contribution is 6.17. The van der Waals surface area contributed by atoms with E-state index in [0.29, 0.717) is 0 Å². The van der Waals surface area contributed by atoms with Gasteiger partial charge in [0.2, 0.25) is 0 Å². The number of hydrogen-bond acceptors (Lipinski definition) is 3. The van der Waals surface area contributed by atoms with Gasteiger partial charge in [0.1, 0.15) is 5.57 Å². The van der Waals surface area contributed by atoms with Gasteiger partial charge in [-0.05, 0) is 19.1 Å². The van der Waals surface area contributed by atoms with Crippen molar-refractivity contribution in [1.82, 2.24) is 0 Å². The Morgan fingerprint density at radius 3 is 2.47 bits per heavy atom. The minimum atomic E-state index is -0.614. The monoisotopic (exact) mass is 256 g/mol. The Morgan fingerprint density at radius 2 is 1.89 bits per heavy atom. The van der Waals surface area contributed by atoms with Crippen LogP contribution in [0.5, 0.6) is 0 Å². The van der Waals surface area contributed by atoms with E-state index in [1.165, 1.54) is 6.08 Å². The van der Waals surface area contributed by atoms with Gasteiger partial charge in [-0.2, -0.15) is 0 Å². The fourth-order valence-electron chi connectivity index (χ4n) is 1.37. The first-order valence-corrected chi connectivity index (χ1v) is 6.16. The molecule has 1 rings (SSSR count). The summed E-state index contributed by atoms with van der Waals surface area (Å²) in [5, 5.41) is 0. The maximum absolute atomic E-state index is 11.6. The average molecular weight is 256 g/mol. The number of ketones is 1. The first kappa shape index (κ1) is 14.7. The molecular formula is C16H16O3. The minimum Gasteiger partial charge on any atom is -0.462 e. The van der Waals surface area contributed by atoms with Gasteiger partial charge in [0.25, 0.3) is 0 Å². The molecule has 0 atom stereocenters. The Balaban J connectivity index is 2.93. The number of carbonyl (C=O) groups is 2. The van der Waals surface area contributed by atoms with E-state index in [1.807, 2.05) is 30.3 Å². The number of ether oxygens (including phenoxy) is 1. The summed E-state index contributed by atoms with van der Waals surface area (Å²) in [6.45, 7) is 3.63. The molecular weight excluding hydrogens is 240 g/mol. The molecule has 0 aliphatic heterocycles. The van der Waals surface area contributed by atoms with Crippen molar-refractivity contribution in [2.24, 2.45) is 0 Å². The molecule has 0 heterocycles. The quantitative estimate of drug-likeness (QED) is 0.273. The van der Waals surface area contributed by atoms with Crippen molar-refractivity contribution in [3.8, 4) is 11.8 Å². The van der Waals surface area contributed by atoms with E-state index in [9.17, 15) is 9.59 Å². The summed E-state index contributed by atoms with van der Waals surface area (Å²) in [4.78, 5) is 23.2. The number of esters is 1. The Labute approximate surface area is 113 Å². The highest BCUT2D eigenvalue weighted by atomic mass is 16.5. The zero-order valence-electron chi connectivity index (χ0n) is 11.1. The lowest BCUT2D eigenvalue weighted by atomic mass is 10.1. The van der Waals surface area contributed by atoms with Crippen LogP contribution in [0.15, 0.2) is 42.0 Å². The van der Waals surface area contributed by atoms with Gasteiger partial charge in [0, 0.05) is 18.1 Å². The highest BCUT2D eigenvalue weighted by Crippen LogP contribution is 2.03. The molecule has 0 aliphatic carbocycles. The van der Waals surface area contributed by atoms with Crippen molar-refractivity contribution in [2.45, 2.75) is 20.3 Å². The lowest BCUT2D eigenvalue weighted by molar-refractivity contribution is -0.140. The molecule has 0 aromatic heterocycles. The topological polar surface area (TPSA) is 43.4 Å². The Kier molecular flexibility index (Phi) is 6.11. The summed E-state index contributed by atoms with van der Waals surface area (Å²) in [6.07, 6.45) is 1.58. The molecule has 0 radical (unpaired) electrons. The largest absolute Gasteiger partial charge is 0.462 e. The van der Waals surface area contributed by atoms with E-state index in [-0.39, 0.29) is 24.4 Å². The van der Waals surface area contributed by atoms with Crippen molar-refractivity contribution in [3.63, 3.8) is 0 Å². The van der Waals surface area contributed by atoms with Crippen LogP contribution in [0.4, 0.5) is 0 Å². The normalized spacial score (nSPS) is 10.3. The first-order valence-electron chi connectivity index (χ1n) is 6.16. The average Bonchev–Trinajstić information content (AvgIpc) is 2.44. The zero-order chi connectivity index (χ0) is 14.1. The van der Waals surface area contributed by atoms with Gasteiger partial charge in [-0.3, -0.25) is 4.79 Å². The predicted octanol–water partition coefficient (Wildman–Crippen LogP) is 2.51. The second-order valence-electron chi connectivity index (χ2n) is 3.69. The number of Topliss-reactive ketones (excluding diaryl/α,β-unsaturated/α-hetero) is 1. The Bertz CT molecular complexity index is 530. The fraction of sp³-hybridized carbons (Fsp3) is 0.250. The summed E-state index contributed by atoms with van der Waals surface area (Å²) in [7, 11) is 0. The third-order valence-corrected chi connectivity index (χ3v) is 2.32. The Morgan fingerprint density at radius 1 is 1.21 bits per heavy atom. The number of allylic oxidation sites excluding steroid dienone is 1. The molecule has 0 spiro atoms. The number of carbonyl (C=O) groups excluding carboxylic acids is 2. The van der Waals surface area contributed by atoms with Crippen LogP contribution in [0.1, 0.15) is 25.8 Å². The van der Waals surface area contributed by atoms with Gasteiger partial charge in [0.15, 0.2) is 5.78 Å². The van der Waals surface area contributed by atoms with E-state index in [1.54, 1.807) is 13.8 Å². The van der Waals surface area contributed by atoms with Gasteiger partial charge >= 0.3 is 5.97 Å². The molecule has 19 heavy (non-hydrogen) atoms. The smallest absolute Gasteiger partial charge is 0.342 e. The van der Waals surface area contributed by atoms with Gasteiger partial charge in [-0.1, -0.05) is 37.0 Å². The lowest BCUT2D eigenvalue weighted by Crippen LogP contribution is -2.15. The minimum absolute atomic E-state index is 0.00720. The molecule has 0 unspecified atom stereocenters. The van der Waals surface area contributed by atoms with Gasteiger partial charge in [-0.25, -0.2) is 4.79 Å². The third kappa shape index (κ3) is 4.81. The standard InChI is InChI=1S/C16H16O3/c1-3-15(17)14(16(18)19-4-2)12-8-11-13-9-6-5-7-10-13/h5-7,9-10,12H,3-4H2,1-2H3/b14-12+. The van der Waals surface area contributed by atoms with Crippen molar-refractivity contribution in [1.29, 1.82) is 0 Å². The molecule has 0 bridgehead atoms. The summed E-state index contributed by atoms with van der Waals surface area (Å²) in [5.41, 5.74) is 0.832. The molecule has 0 fully saturated rings. The molecule has 0 aliphatic rings. The van der Waals surface area contributed by atoms with Gasteiger partial charge in [-0.15, -0.1) is 0 Å². The SMILES string of the molecule is CCOC(=O)/C(=C/C#Cc1ccccc1)C(=O)CC. The predicted molar refractivity (Wildman–Crippen MR) is 73.3 cm³/mol. The molecule has 1 aromatic carbocycles. The van der Waals surface area contributed by atoms with Crippen molar-refractivity contribution < 1.29 is 14.3 Å².